The molecule has 0 atom stereocenters. The van der Waals surface area contributed by atoms with E-state index in [2.05, 4.69) is 4.98 Å². The minimum absolute atomic E-state index is 0.0166. The third-order valence-electron chi connectivity index (χ3n) is 6.46. The third-order valence-corrected chi connectivity index (χ3v) is 6.46. The second-order valence-corrected chi connectivity index (χ2v) is 8.88. The van der Waals surface area contributed by atoms with E-state index in [-0.39, 0.29) is 36.9 Å². The molecular formula is C25H27FN2O5. The average Bonchev–Trinajstić information content (AvgIpc) is 2.76. The van der Waals surface area contributed by atoms with Gasteiger partial charge >= 0.3 is 0 Å². The molecule has 0 N–H and O–H groups in total. The molecule has 1 spiro atoms. The van der Waals surface area contributed by atoms with Gasteiger partial charge in [-0.2, -0.15) is 0 Å². The highest BCUT2D eigenvalue weighted by Crippen LogP contribution is 2.47. The smallest absolute Gasteiger partial charge is 0.248 e. The van der Waals surface area contributed by atoms with Crippen molar-refractivity contribution in [1.29, 1.82) is 0 Å². The molecular weight excluding hydrogens is 427 g/mol. The number of aromatic nitrogens is 1. The summed E-state index contributed by atoms with van der Waals surface area (Å²) in [6.45, 7) is 4.92. The average molecular weight is 454 g/mol. The second-order valence-electron chi connectivity index (χ2n) is 8.88. The van der Waals surface area contributed by atoms with Gasteiger partial charge in [0.1, 0.15) is 35.7 Å². The number of hydrogen-bond acceptors (Lipinski definition) is 6. The van der Waals surface area contributed by atoms with E-state index in [0.717, 1.165) is 11.8 Å². The monoisotopic (exact) mass is 454 g/mol. The number of rotatable bonds is 6. The molecule has 1 amide bonds. The molecule has 2 aliphatic rings. The van der Waals surface area contributed by atoms with Gasteiger partial charge in [-0.15, -0.1) is 0 Å². The lowest BCUT2D eigenvalue weighted by Crippen LogP contribution is -2.62. The summed E-state index contributed by atoms with van der Waals surface area (Å²) in [5.74, 6) is -1.32. The van der Waals surface area contributed by atoms with Crippen LogP contribution in [0, 0.1) is 18.2 Å². The topological polar surface area (TPSA) is 85.8 Å². The summed E-state index contributed by atoms with van der Waals surface area (Å²) in [4.78, 5) is 44.3. The summed E-state index contributed by atoms with van der Waals surface area (Å²) in [5, 5.41) is 0. The number of hydrogen-bond donors (Lipinski definition) is 0. The van der Waals surface area contributed by atoms with Crippen LogP contribution in [0.5, 0.6) is 5.75 Å². The van der Waals surface area contributed by atoms with Gasteiger partial charge < -0.3 is 14.4 Å². The van der Waals surface area contributed by atoms with Crippen molar-refractivity contribution >= 4 is 17.5 Å². The minimum atomic E-state index is -0.894. The van der Waals surface area contributed by atoms with Crippen molar-refractivity contribution in [3.63, 3.8) is 0 Å². The van der Waals surface area contributed by atoms with Crippen LogP contribution in [0.3, 0.4) is 0 Å². The second kappa shape index (κ2) is 9.02. The van der Waals surface area contributed by atoms with Crippen molar-refractivity contribution in [1.82, 2.24) is 9.88 Å². The van der Waals surface area contributed by atoms with Crippen LogP contribution in [0.2, 0.25) is 0 Å². The van der Waals surface area contributed by atoms with Crippen molar-refractivity contribution in [2.45, 2.75) is 32.6 Å². The number of carbonyl (C=O) groups is 3. The zero-order valence-electron chi connectivity index (χ0n) is 19.0. The maximum absolute atomic E-state index is 13.3. The van der Waals surface area contributed by atoms with Crippen molar-refractivity contribution in [3.8, 4) is 17.0 Å². The third kappa shape index (κ3) is 4.39. The van der Waals surface area contributed by atoms with Crippen LogP contribution < -0.4 is 4.74 Å². The van der Waals surface area contributed by atoms with E-state index >= 15 is 0 Å². The van der Waals surface area contributed by atoms with Crippen LogP contribution in [-0.4, -0.2) is 60.8 Å². The quantitative estimate of drug-likeness (QED) is 0.624. The number of benzene rings is 1. The summed E-state index contributed by atoms with van der Waals surface area (Å²) >= 11 is 0. The highest BCUT2D eigenvalue weighted by molar-refractivity contribution is 6.11. The fourth-order valence-electron chi connectivity index (χ4n) is 4.95. The Morgan fingerprint density at radius 2 is 1.91 bits per heavy atom. The molecule has 1 aromatic carbocycles. The fraction of sp³-hybridized carbons (Fsp3) is 0.440. The normalized spacial score (nSPS) is 17.9. The minimum Gasteiger partial charge on any atom is -0.496 e. The van der Waals surface area contributed by atoms with Crippen LogP contribution in [-0.2, 0) is 19.1 Å². The maximum atomic E-state index is 13.3. The van der Waals surface area contributed by atoms with Crippen LogP contribution in [0.15, 0.2) is 30.5 Å². The first-order valence-corrected chi connectivity index (χ1v) is 11.0. The van der Waals surface area contributed by atoms with Gasteiger partial charge in [0, 0.05) is 49.1 Å². The number of halogens is 1. The SMILES string of the molecule is CCOCC(=O)N1CC2(CC(=O)C(c3c(C)cc(-c4ccc(F)cn4)cc3OC)C(=O)C2)C1. The molecule has 0 bridgehead atoms. The molecule has 0 unspecified atom stereocenters. The summed E-state index contributed by atoms with van der Waals surface area (Å²) in [7, 11) is 1.49. The van der Waals surface area contributed by atoms with Gasteiger partial charge in [0.2, 0.25) is 5.91 Å². The van der Waals surface area contributed by atoms with Crippen molar-refractivity contribution in [3.05, 3.63) is 47.4 Å². The Hall–Kier alpha value is -3.13. The highest BCUT2D eigenvalue weighted by atomic mass is 19.1. The Balaban J connectivity index is 1.55. The first-order chi connectivity index (χ1) is 15.8. The number of ketones is 2. The molecule has 33 heavy (non-hydrogen) atoms. The summed E-state index contributed by atoms with van der Waals surface area (Å²) in [6, 6.07) is 6.46. The standard InChI is InChI=1S/C25H27FN2O5/c1-4-33-12-22(31)28-13-25(14-28)9-19(29)24(20(30)10-25)23-15(2)7-16(8-21(23)32-3)18-6-5-17(26)11-27-18/h5-8,11,24H,4,9-10,12-14H2,1-3H3. The van der Waals surface area contributed by atoms with E-state index in [1.54, 1.807) is 17.0 Å². The van der Waals surface area contributed by atoms with Crippen molar-refractivity contribution in [2.75, 3.05) is 33.4 Å². The van der Waals surface area contributed by atoms with E-state index in [0.29, 0.717) is 42.3 Å². The highest BCUT2D eigenvalue weighted by Gasteiger charge is 2.53. The molecule has 8 heteroatoms. The Morgan fingerprint density at radius 1 is 1.21 bits per heavy atom. The molecule has 0 radical (unpaired) electrons. The number of nitrogens with zero attached hydrogens (tertiary/aromatic N) is 2. The zero-order valence-corrected chi connectivity index (χ0v) is 19.0. The lowest BCUT2D eigenvalue weighted by atomic mass is 9.63. The van der Waals surface area contributed by atoms with Gasteiger partial charge in [-0.05, 0) is 43.7 Å². The number of aryl methyl sites for hydroxylation is 1. The molecule has 2 aromatic rings. The number of amides is 1. The van der Waals surface area contributed by atoms with E-state index in [4.69, 9.17) is 9.47 Å². The molecule has 7 nitrogen and oxygen atoms in total. The van der Waals surface area contributed by atoms with Gasteiger partial charge in [0.05, 0.1) is 19.0 Å². The van der Waals surface area contributed by atoms with Crippen LogP contribution >= 0.6 is 0 Å². The number of pyridine rings is 1. The molecule has 174 valence electrons. The van der Waals surface area contributed by atoms with Crippen molar-refractivity contribution < 1.29 is 28.2 Å². The van der Waals surface area contributed by atoms with Gasteiger partial charge in [-0.25, -0.2) is 4.39 Å². The fourth-order valence-corrected chi connectivity index (χ4v) is 4.95. The Bertz CT molecular complexity index is 1070. The molecule has 2 heterocycles. The zero-order chi connectivity index (χ0) is 23.8. The largest absolute Gasteiger partial charge is 0.496 e. The molecule has 1 aromatic heterocycles. The van der Waals surface area contributed by atoms with E-state index < -0.39 is 17.2 Å². The summed E-state index contributed by atoms with van der Waals surface area (Å²) in [5.41, 5.74) is 2.10. The summed E-state index contributed by atoms with van der Waals surface area (Å²) in [6.07, 6.45) is 1.62. The number of methoxy groups -OCH3 is 1. The first kappa shape index (κ1) is 23.0. The van der Waals surface area contributed by atoms with E-state index in [9.17, 15) is 18.8 Å². The van der Waals surface area contributed by atoms with Crippen LogP contribution in [0.4, 0.5) is 4.39 Å². The summed E-state index contributed by atoms with van der Waals surface area (Å²) < 4.78 is 24.0. The van der Waals surface area contributed by atoms with E-state index in [1.165, 1.54) is 13.2 Å². The lowest BCUT2D eigenvalue weighted by molar-refractivity contribution is -0.157. The number of carbonyl (C=O) groups excluding carboxylic acids is 3. The number of likely N-dealkylation sites (tertiary alicyclic amines) is 1. The maximum Gasteiger partial charge on any atom is 0.248 e. The number of ether oxygens (including phenoxy) is 2. The Labute approximate surface area is 191 Å². The molecule has 1 aliphatic heterocycles. The van der Waals surface area contributed by atoms with Gasteiger partial charge in [0.25, 0.3) is 0 Å². The van der Waals surface area contributed by atoms with Crippen LogP contribution in [0.1, 0.15) is 36.8 Å². The molecule has 1 saturated heterocycles. The van der Waals surface area contributed by atoms with E-state index in [1.807, 2.05) is 19.9 Å². The molecule has 1 aliphatic carbocycles. The Morgan fingerprint density at radius 3 is 2.48 bits per heavy atom. The lowest BCUT2D eigenvalue weighted by Gasteiger charge is -2.52. The van der Waals surface area contributed by atoms with Gasteiger partial charge in [-0.1, -0.05) is 0 Å². The molecule has 1 saturated carbocycles. The van der Waals surface area contributed by atoms with Gasteiger partial charge in [0.15, 0.2) is 0 Å². The predicted octanol–water partition coefficient (Wildman–Crippen LogP) is 3.09. The number of Topliss-reactive ketones (excluding diaryl/α,β-unsaturated/α-hetero) is 2. The van der Waals surface area contributed by atoms with Gasteiger partial charge in [-0.3, -0.25) is 19.4 Å². The van der Waals surface area contributed by atoms with Crippen LogP contribution in [0.25, 0.3) is 11.3 Å². The molecule has 4 rings (SSSR count). The predicted molar refractivity (Wildman–Crippen MR) is 118 cm³/mol. The first-order valence-electron chi connectivity index (χ1n) is 11.0. The van der Waals surface area contributed by atoms with Crippen molar-refractivity contribution in [2.24, 2.45) is 5.41 Å². The molecule has 2 fully saturated rings. The Kier molecular flexibility index (Phi) is 6.30.